The van der Waals surface area contributed by atoms with E-state index >= 15 is 0 Å². The van der Waals surface area contributed by atoms with Gasteiger partial charge < -0.3 is 10.0 Å². The van der Waals surface area contributed by atoms with Crippen molar-refractivity contribution in [1.82, 2.24) is 23.6 Å². The number of rotatable bonds is 10. The minimum atomic E-state index is -3.93. The van der Waals surface area contributed by atoms with Gasteiger partial charge in [0.1, 0.15) is 14.9 Å². The fraction of sp³-hybridized carbons (Fsp3) is 0.400. The Kier molecular flexibility index (Phi) is 6.99. The van der Waals surface area contributed by atoms with Crippen LogP contribution in [0.2, 0.25) is 0 Å². The van der Waals surface area contributed by atoms with Crippen molar-refractivity contribution in [2.45, 2.75) is 42.6 Å². The smallest absolute Gasteiger partial charge is 0.332 e. The zero-order valence-corrected chi connectivity index (χ0v) is 23.4. The van der Waals surface area contributed by atoms with E-state index in [1.807, 2.05) is 6.92 Å². The number of aliphatic hydroxyl groups excluding tert-OH is 1. The maximum Gasteiger partial charge on any atom is 0.332 e. The summed E-state index contributed by atoms with van der Waals surface area (Å²) in [6, 6.07) is 5.80. The molecule has 1 aromatic carbocycles. The Hall–Kier alpha value is -3.33. The van der Waals surface area contributed by atoms with Gasteiger partial charge in [0.15, 0.2) is 0 Å². The topological polar surface area (TPSA) is 131 Å². The highest BCUT2D eigenvalue weighted by Gasteiger charge is 2.41. The number of fused-ring (bicyclic) bond motifs is 1. The van der Waals surface area contributed by atoms with E-state index in [1.54, 1.807) is 48.2 Å². The van der Waals surface area contributed by atoms with E-state index < -0.39 is 32.6 Å². The van der Waals surface area contributed by atoms with Gasteiger partial charge in [-0.1, -0.05) is 6.07 Å². The van der Waals surface area contributed by atoms with E-state index in [0.717, 1.165) is 28.7 Å². The van der Waals surface area contributed by atoms with Crippen LogP contribution in [0.3, 0.4) is 0 Å². The molecule has 14 heteroatoms. The maximum atomic E-state index is 14.9. The molecule has 1 aliphatic carbocycles. The third-order valence-corrected chi connectivity index (χ3v) is 10.1. The molecule has 5 rings (SSSR count). The fourth-order valence-corrected chi connectivity index (χ4v) is 7.30. The molecule has 0 bridgehead atoms. The molecule has 208 valence electrons. The first-order valence-electron chi connectivity index (χ1n) is 12.3. The number of nitrogens with one attached hydrogen (secondary N) is 1. The molecule has 39 heavy (non-hydrogen) atoms. The van der Waals surface area contributed by atoms with E-state index in [1.165, 1.54) is 16.7 Å². The second kappa shape index (κ2) is 10.0. The molecular formula is C25H29FN6O5S2. The number of likely N-dealkylation sites (N-methyl/N-ethyl adjacent to an activating group) is 1. The lowest BCUT2D eigenvalue weighted by atomic mass is 10.2. The molecule has 0 spiro atoms. The molecule has 0 saturated heterocycles. The number of nitrogens with zero attached hydrogens (tertiary/aromatic N) is 5. The number of benzene rings is 1. The van der Waals surface area contributed by atoms with E-state index in [9.17, 15) is 22.4 Å². The summed E-state index contributed by atoms with van der Waals surface area (Å²) in [5.41, 5.74) is -0.418. The molecule has 0 atom stereocenters. The lowest BCUT2D eigenvalue weighted by molar-refractivity contribution is 0.304. The Bertz CT molecular complexity index is 1780. The predicted molar refractivity (Wildman–Crippen MR) is 146 cm³/mol. The van der Waals surface area contributed by atoms with Crippen LogP contribution < -0.4 is 20.9 Å². The molecule has 2 N–H and O–H groups in total. The van der Waals surface area contributed by atoms with Crippen LogP contribution in [0.1, 0.15) is 30.9 Å². The van der Waals surface area contributed by atoms with Gasteiger partial charge in [0.05, 0.1) is 37.0 Å². The van der Waals surface area contributed by atoms with Gasteiger partial charge in [0, 0.05) is 37.9 Å². The molecule has 0 unspecified atom stereocenters. The van der Waals surface area contributed by atoms with Crippen LogP contribution in [0.25, 0.3) is 10.2 Å². The Balaban J connectivity index is 1.63. The van der Waals surface area contributed by atoms with Crippen molar-refractivity contribution in [3.63, 3.8) is 0 Å². The van der Waals surface area contributed by atoms with Gasteiger partial charge in [0.2, 0.25) is 0 Å². The lowest BCUT2D eigenvalue weighted by Crippen LogP contribution is -2.40. The number of hydrogen-bond acceptors (Lipinski definition) is 8. The predicted octanol–water partition coefficient (Wildman–Crippen LogP) is 1.45. The van der Waals surface area contributed by atoms with Crippen molar-refractivity contribution >= 4 is 37.3 Å². The molecule has 1 aliphatic rings. The van der Waals surface area contributed by atoms with Gasteiger partial charge in [-0.05, 0) is 43.5 Å². The van der Waals surface area contributed by atoms with Crippen LogP contribution in [0.4, 0.5) is 10.1 Å². The molecule has 3 heterocycles. The molecule has 11 nitrogen and oxygen atoms in total. The van der Waals surface area contributed by atoms with Crippen LogP contribution in [0, 0.1) is 5.82 Å². The van der Waals surface area contributed by atoms with Crippen LogP contribution >= 0.6 is 11.3 Å². The fourth-order valence-electron chi connectivity index (χ4n) is 4.40. The average Bonchev–Trinajstić information content (AvgIpc) is 3.24. The third-order valence-electron chi connectivity index (χ3n) is 6.82. The van der Waals surface area contributed by atoms with Crippen LogP contribution in [-0.4, -0.2) is 58.2 Å². The Labute approximate surface area is 227 Å². The SMILES string of the molecule is CN(CCO)c1ccc(Cn2c(=O)n(Cc3cnn(C)c3)c(=O)c3cc(S(=O)(=O)NC4(C)CC4)sc32)cc1F. The van der Waals surface area contributed by atoms with Crippen molar-refractivity contribution in [1.29, 1.82) is 0 Å². The zero-order valence-electron chi connectivity index (χ0n) is 21.7. The minimum absolute atomic E-state index is 0.0606. The number of sulfonamides is 1. The summed E-state index contributed by atoms with van der Waals surface area (Å²) in [5, 5.41) is 13.3. The zero-order chi connectivity index (χ0) is 28.1. The average molecular weight is 577 g/mol. The summed E-state index contributed by atoms with van der Waals surface area (Å²) in [6.07, 6.45) is 4.66. The highest BCUT2D eigenvalue weighted by molar-refractivity contribution is 7.91. The van der Waals surface area contributed by atoms with E-state index in [4.69, 9.17) is 5.11 Å². The van der Waals surface area contributed by atoms with Gasteiger partial charge in [-0.2, -0.15) is 5.10 Å². The van der Waals surface area contributed by atoms with E-state index in [0.29, 0.717) is 11.1 Å². The highest BCUT2D eigenvalue weighted by Crippen LogP contribution is 2.37. The van der Waals surface area contributed by atoms with Gasteiger partial charge >= 0.3 is 5.69 Å². The molecule has 0 amide bonds. The van der Waals surface area contributed by atoms with E-state index in [2.05, 4.69) is 9.82 Å². The van der Waals surface area contributed by atoms with Crippen LogP contribution in [0.5, 0.6) is 0 Å². The van der Waals surface area contributed by atoms with Gasteiger partial charge in [-0.15, -0.1) is 11.3 Å². The quantitative estimate of drug-likeness (QED) is 0.292. The van der Waals surface area contributed by atoms with Gasteiger partial charge in [-0.25, -0.2) is 22.3 Å². The number of hydrogen-bond donors (Lipinski definition) is 2. The van der Waals surface area contributed by atoms with E-state index in [-0.39, 0.29) is 46.4 Å². The van der Waals surface area contributed by atoms with Gasteiger partial charge in [-0.3, -0.25) is 18.6 Å². The molecule has 0 aliphatic heterocycles. The summed E-state index contributed by atoms with van der Waals surface area (Å²) in [5.74, 6) is -0.534. The summed E-state index contributed by atoms with van der Waals surface area (Å²) < 4.78 is 47.7. The first-order valence-corrected chi connectivity index (χ1v) is 14.6. The lowest BCUT2D eigenvalue weighted by Gasteiger charge is -2.19. The second-order valence-electron chi connectivity index (χ2n) is 10.2. The number of halogens is 1. The molecule has 1 fully saturated rings. The largest absolute Gasteiger partial charge is 0.395 e. The molecule has 1 saturated carbocycles. The minimum Gasteiger partial charge on any atom is -0.395 e. The number of aliphatic hydroxyl groups is 1. The molecule has 4 aromatic rings. The first kappa shape index (κ1) is 27.2. The maximum absolute atomic E-state index is 14.9. The monoisotopic (exact) mass is 576 g/mol. The van der Waals surface area contributed by atoms with Crippen molar-refractivity contribution < 1.29 is 17.9 Å². The normalized spacial score (nSPS) is 14.7. The Morgan fingerprint density at radius 3 is 2.51 bits per heavy atom. The van der Waals surface area contributed by atoms with Crippen molar-refractivity contribution in [3.8, 4) is 0 Å². The summed E-state index contributed by atoms with van der Waals surface area (Å²) in [4.78, 5) is 28.9. The van der Waals surface area contributed by atoms with Crippen molar-refractivity contribution in [3.05, 3.63) is 74.4 Å². The standard InChI is InChI=1S/C25H29FN6O5S2/c1-25(6-7-25)28-39(36,37)21-11-18-22(34)31(15-17-12-27-30(3)13-17)24(35)32(23(18)38-21)14-16-4-5-20(19(26)10-16)29(2)8-9-33/h4-5,10-13,28,33H,6-9,14-15H2,1-3H3. The summed E-state index contributed by atoms with van der Waals surface area (Å²) >= 11 is 0.838. The molecular weight excluding hydrogens is 547 g/mol. The third kappa shape index (κ3) is 5.41. The number of anilines is 1. The van der Waals surface area contributed by atoms with Crippen LogP contribution in [-0.2, 0) is 30.2 Å². The second-order valence-corrected chi connectivity index (χ2v) is 13.1. The number of aryl methyl sites for hydroxylation is 1. The first-order chi connectivity index (χ1) is 18.4. The Morgan fingerprint density at radius 1 is 1.18 bits per heavy atom. The van der Waals surface area contributed by atoms with Gasteiger partial charge in [0.25, 0.3) is 15.6 Å². The molecule has 0 radical (unpaired) electrons. The van der Waals surface area contributed by atoms with Crippen molar-refractivity contribution in [2.24, 2.45) is 7.05 Å². The number of aromatic nitrogens is 4. The van der Waals surface area contributed by atoms with Crippen molar-refractivity contribution in [2.75, 3.05) is 25.1 Å². The summed E-state index contributed by atoms with van der Waals surface area (Å²) in [7, 11) is -0.558. The van der Waals surface area contributed by atoms with Crippen LogP contribution in [0.15, 0.2) is 50.5 Å². The molecule has 3 aromatic heterocycles. The number of thiophene rings is 1. The summed E-state index contributed by atoms with van der Waals surface area (Å²) in [6.45, 7) is 1.77. The highest BCUT2D eigenvalue weighted by atomic mass is 32.2. The Morgan fingerprint density at radius 2 is 1.90 bits per heavy atom.